The molecule has 0 radical (unpaired) electrons. The number of hydrogen-bond donors (Lipinski definition) is 3. The normalized spacial score (nSPS) is 11.2. The Hall–Kier alpha value is -3.29. The first-order valence-corrected chi connectivity index (χ1v) is 9.88. The minimum Gasteiger partial charge on any atom is -0.477 e. The molecule has 0 aliphatic carbocycles. The lowest BCUT2D eigenvalue weighted by molar-refractivity contribution is -0.140. The van der Waals surface area contributed by atoms with Gasteiger partial charge in [-0.05, 0) is 63.8 Å². The van der Waals surface area contributed by atoms with Gasteiger partial charge in [-0.2, -0.15) is 0 Å². The van der Waals surface area contributed by atoms with Crippen LogP contribution < -0.4 is 5.73 Å². The van der Waals surface area contributed by atoms with Crippen molar-refractivity contribution in [3.63, 3.8) is 0 Å². The van der Waals surface area contributed by atoms with Gasteiger partial charge in [-0.15, -0.1) is 10.2 Å². The molecule has 0 fully saturated rings. The fraction of sp³-hybridized carbons (Fsp3) is 0.435. The Bertz CT molecular complexity index is 884. The van der Waals surface area contributed by atoms with E-state index < -0.39 is 17.5 Å². The van der Waals surface area contributed by atoms with Gasteiger partial charge < -0.3 is 15.9 Å². The van der Waals surface area contributed by atoms with Crippen molar-refractivity contribution >= 4 is 23.2 Å². The molecule has 0 spiro atoms. The Morgan fingerprint density at radius 1 is 0.935 bits per heavy atom. The molecule has 1 aromatic carbocycles. The number of allylic oxidation sites excluding steroid dienone is 1. The Morgan fingerprint density at radius 2 is 1.48 bits per heavy atom. The molecule has 0 saturated heterocycles. The van der Waals surface area contributed by atoms with Gasteiger partial charge in [0.1, 0.15) is 5.57 Å². The second kappa shape index (κ2) is 10.7. The van der Waals surface area contributed by atoms with Crippen LogP contribution in [0.1, 0.15) is 59.1 Å². The minimum atomic E-state index is -1.43. The molecule has 0 amide bonds. The number of hydrogen-bond acceptors (Lipinski definition) is 6. The van der Waals surface area contributed by atoms with Crippen molar-refractivity contribution in [3.05, 3.63) is 53.4 Å². The van der Waals surface area contributed by atoms with E-state index in [-0.39, 0.29) is 10.8 Å². The van der Waals surface area contributed by atoms with Gasteiger partial charge in [0.15, 0.2) is 0 Å². The first-order valence-electron chi connectivity index (χ1n) is 9.88. The van der Waals surface area contributed by atoms with Crippen LogP contribution in [0.4, 0.5) is 5.69 Å². The molecule has 31 heavy (non-hydrogen) atoms. The van der Waals surface area contributed by atoms with Crippen LogP contribution in [0.3, 0.4) is 0 Å². The number of carbonyl (C=O) groups is 2. The third-order valence-electron chi connectivity index (χ3n) is 4.02. The third-order valence-corrected chi connectivity index (χ3v) is 4.02. The number of aromatic nitrogens is 3. The van der Waals surface area contributed by atoms with E-state index in [9.17, 15) is 19.8 Å². The van der Waals surface area contributed by atoms with Gasteiger partial charge in [0.05, 0.1) is 12.4 Å². The molecule has 8 nitrogen and oxygen atoms in total. The van der Waals surface area contributed by atoms with E-state index in [4.69, 9.17) is 5.73 Å². The van der Waals surface area contributed by atoms with Crippen molar-refractivity contribution in [1.29, 1.82) is 0 Å². The molecule has 8 heteroatoms. The van der Waals surface area contributed by atoms with E-state index in [0.717, 1.165) is 5.56 Å². The lowest BCUT2D eigenvalue weighted by Gasteiger charge is -2.26. The van der Waals surface area contributed by atoms with Crippen molar-refractivity contribution in [2.24, 2.45) is 10.8 Å². The predicted molar refractivity (Wildman–Crippen MR) is 120 cm³/mol. The molecule has 4 N–H and O–H groups in total. The number of carboxylic acids is 2. The SMILES string of the molecule is CC(C)(C)CC(=C(C(=O)O)C(=O)O)c1ccc(N)cc1CC(C)(C)C.c1cnnnc1. The van der Waals surface area contributed by atoms with Gasteiger partial charge in [-0.25, -0.2) is 9.59 Å². The zero-order valence-corrected chi connectivity index (χ0v) is 19.0. The molecule has 1 heterocycles. The maximum Gasteiger partial charge on any atom is 0.343 e. The van der Waals surface area contributed by atoms with E-state index in [1.807, 2.05) is 26.8 Å². The summed E-state index contributed by atoms with van der Waals surface area (Å²) in [6, 6.07) is 6.95. The molecule has 0 aliphatic rings. The van der Waals surface area contributed by atoms with E-state index >= 15 is 0 Å². The Morgan fingerprint density at radius 3 is 1.84 bits per heavy atom. The van der Waals surface area contributed by atoms with Crippen LogP contribution in [0, 0.1) is 10.8 Å². The highest BCUT2D eigenvalue weighted by atomic mass is 16.4. The van der Waals surface area contributed by atoms with Crippen LogP contribution in [0.5, 0.6) is 0 Å². The molecule has 2 rings (SSSR count). The van der Waals surface area contributed by atoms with Crippen molar-refractivity contribution in [3.8, 4) is 0 Å². The summed E-state index contributed by atoms with van der Waals surface area (Å²) in [6.07, 6.45) is 4.15. The van der Waals surface area contributed by atoms with Crippen LogP contribution in [-0.4, -0.2) is 37.6 Å². The van der Waals surface area contributed by atoms with Crippen LogP contribution in [0.25, 0.3) is 5.57 Å². The molecular formula is C23H32N4O4. The highest BCUT2D eigenvalue weighted by Gasteiger charge is 2.28. The second-order valence-corrected chi connectivity index (χ2v) is 9.67. The van der Waals surface area contributed by atoms with Gasteiger partial charge in [0.25, 0.3) is 0 Å². The minimum absolute atomic E-state index is 0.0536. The summed E-state index contributed by atoms with van der Waals surface area (Å²) < 4.78 is 0. The van der Waals surface area contributed by atoms with E-state index in [2.05, 4.69) is 36.2 Å². The zero-order chi connectivity index (χ0) is 23.8. The quantitative estimate of drug-likeness (QED) is 0.280. The van der Waals surface area contributed by atoms with Gasteiger partial charge in [-0.1, -0.05) is 47.6 Å². The van der Waals surface area contributed by atoms with E-state index in [0.29, 0.717) is 29.7 Å². The summed E-state index contributed by atoms with van der Waals surface area (Å²) in [5, 5.41) is 29.1. The lowest BCUT2D eigenvalue weighted by atomic mass is 9.79. The van der Waals surface area contributed by atoms with Crippen LogP contribution >= 0.6 is 0 Å². The molecule has 0 aliphatic heterocycles. The number of anilines is 1. The van der Waals surface area contributed by atoms with Crippen LogP contribution in [-0.2, 0) is 16.0 Å². The van der Waals surface area contributed by atoms with Gasteiger partial charge in [-0.3, -0.25) is 0 Å². The lowest BCUT2D eigenvalue weighted by Crippen LogP contribution is -2.19. The summed E-state index contributed by atoms with van der Waals surface area (Å²) in [5.74, 6) is -2.85. The number of benzene rings is 1. The van der Waals surface area contributed by atoms with Crippen LogP contribution in [0.2, 0.25) is 0 Å². The maximum absolute atomic E-state index is 11.6. The third kappa shape index (κ3) is 9.37. The smallest absolute Gasteiger partial charge is 0.343 e. The Labute approximate surface area is 183 Å². The molecular weight excluding hydrogens is 396 g/mol. The molecule has 1 aromatic heterocycles. The number of rotatable bonds is 5. The summed E-state index contributed by atoms with van der Waals surface area (Å²) in [4.78, 5) is 23.3. The fourth-order valence-corrected chi connectivity index (χ4v) is 3.03. The monoisotopic (exact) mass is 428 g/mol. The molecule has 0 unspecified atom stereocenters. The van der Waals surface area contributed by atoms with Gasteiger partial charge in [0.2, 0.25) is 0 Å². The summed E-state index contributed by atoms with van der Waals surface area (Å²) in [6.45, 7) is 12.1. The van der Waals surface area contributed by atoms with Crippen LogP contribution in [0.15, 0.2) is 42.2 Å². The Balaban J connectivity index is 0.000000683. The number of nitrogens with two attached hydrogens (primary N) is 1. The van der Waals surface area contributed by atoms with E-state index in [1.165, 1.54) is 0 Å². The summed E-state index contributed by atoms with van der Waals surface area (Å²) >= 11 is 0. The zero-order valence-electron chi connectivity index (χ0n) is 19.0. The van der Waals surface area contributed by atoms with Crippen molar-refractivity contribution < 1.29 is 19.8 Å². The van der Waals surface area contributed by atoms with Crippen molar-refractivity contribution in [2.45, 2.75) is 54.4 Å². The number of nitrogen functional groups attached to an aromatic ring is 1. The first-order chi connectivity index (χ1) is 14.2. The largest absolute Gasteiger partial charge is 0.477 e. The predicted octanol–water partition coefficient (Wildman–Crippen LogP) is 4.09. The molecule has 0 atom stereocenters. The topological polar surface area (TPSA) is 139 Å². The maximum atomic E-state index is 11.6. The summed E-state index contributed by atoms with van der Waals surface area (Å²) in [5.41, 5.74) is 7.45. The Kier molecular flexibility index (Phi) is 8.85. The molecule has 168 valence electrons. The number of aliphatic carboxylic acids is 2. The number of nitrogens with zero attached hydrogens (tertiary/aromatic N) is 3. The average molecular weight is 429 g/mol. The number of carboxylic acid groups (broad SMARTS) is 2. The first kappa shape index (κ1) is 25.7. The van der Waals surface area contributed by atoms with Gasteiger partial charge >= 0.3 is 11.9 Å². The molecule has 0 bridgehead atoms. The summed E-state index contributed by atoms with van der Waals surface area (Å²) in [7, 11) is 0. The van der Waals surface area contributed by atoms with Gasteiger partial charge in [0, 0.05) is 5.69 Å². The highest BCUT2D eigenvalue weighted by Crippen LogP contribution is 2.37. The van der Waals surface area contributed by atoms with E-state index in [1.54, 1.807) is 30.6 Å². The fourth-order valence-electron chi connectivity index (χ4n) is 3.03. The standard InChI is InChI=1S/C20H29NO4.C3H3N3/c1-19(2,3)10-12-9-13(21)7-8-14(12)15(11-20(4,5)6)16(17(22)23)18(24)25;1-2-4-6-5-3-1/h7-9H,10-11,21H2,1-6H3,(H,22,23)(H,24,25);1-3H. The average Bonchev–Trinajstić information content (AvgIpc) is 2.60. The molecule has 0 saturated carbocycles. The highest BCUT2D eigenvalue weighted by molar-refractivity contribution is 6.18. The molecule has 2 aromatic rings. The second-order valence-electron chi connectivity index (χ2n) is 9.67. The van der Waals surface area contributed by atoms with Crippen molar-refractivity contribution in [1.82, 2.24) is 15.4 Å². The van der Waals surface area contributed by atoms with Crippen molar-refractivity contribution in [2.75, 3.05) is 5.73 Å².